The Morgan fingerprint density at radius 3 is 2.52 bits per heavy atom. The van der Waals surface area contributed by atoms with Crippen molar-refractivity contribution in [2.45, 2.75) is 33.6 Å². The van der Waals surface area contributed by atoms with Crippen molar-refractivity contribution in [3.8, 4) is 10.6 Å². The van der Waals surface area contributed by atoms with E-state index in [1.807, 2.05) is 20.8 Å². The van der Waals surface area contributed by atoms with Crippen LogP contribution in [0.15, 0.2) is 23.6 Å². The molecule has 0 saturated carbocycles. The Hall–Kier alpha value is -1.43. The van der Waals surface area contributed by atoms with Gasteiger partial charge in [0.2, 0.25) is 0 Å². The topological polar surface area (TPSA) is 67.3 Å². The highest BCUT2D eigenvalue weighted by Gasteiger charge is 2.33. The standard InChI is InChI=1S/C18H19Cl2NO3S/c1-18(2,3)14(17(23)24)8-12(22)7-11-9-25-16(21-11)13-5-4-10(19)6-15(13)20/h4-6,9,14H,7-8H2,1-3H3,(H,23,24)/t14-/m1/s1. The van der Waals surface area contributed by atoms with Crippen molar-refractivity contribution in [1.29, 1.82) is 0 Å². The molecule has 0 fully saturated rings. The number of aliphatic carboxylic acids is 1. The Morgan fingerprint density at radius 2 is 1.96 bits per heavy atom. The van der Waals surface area contributed by atoms with Gasteiger partial charge in [-0.25, -0.2) is 4.98 Å². The SMILES string of the molecule is CC(C)(C)[C@H](CC(=O)Cc1csc(-c2ccc(Cl)cc2Cl)n1)C(=O)O. The molecular formula is C18H19Cl2NO3S. The number of hydrogen-bond acceptors (Lipinski definition) is 4. The molecule has 0 aliphatic carbocycles. The van der Waals surface area contributed by atoms with Gasteiger partial charge in [-0.2, -0.15) is 0 Å². The minimum absolute atomic E-state index is 0.00655. The number of nitrogens with zero attached hydrogens (tertiary/aromatic N) is 1. The maximum atomic E-state index is 12.3. The zero-order valence-electron chi connectivity index (χ0n) is 14.2. The highest BCUT2D eigenvalue weighted by molar-refractivity contribution is 7.13. The molecule has 0 aliphatic heterocycles. The summed E-state index contributed by atoms with van der Waals surface area (Å²) in [5.74, 6) is -1.81. The molecule has 1 aromatic carbocycles. The number of carboxylic acid groups (broad SMARTS) is 1. The molecule has 1 aromatic heterocycles. The largest absolute Gasteiger partial charge is 0.481 e. The molecule has 2 aromatic rings. The van der Waals surface area contributed by atoms with Crippen LogP contribution in [0.25, 0.3) is 10.6 Å². The number of thiazole rings is 1. The zero-order valence-corrected chi connectivity index (χ0v) is 16.5. The summed E-state index contributed by atoms with van der Waals surface area (Å²) in [6.45, 7) is 5.47. The molecule has 0 spiro atoms. The van der Waals surface area contributed by atoms with E-state index in [0.717, 1.165) is 5.56 Å². The molecule has 1 heterocycles. The van der Waals surface area contributed by atoms with E-state index < -0.39 is 17.3 Å². The number of hydrogen-bond donors (Lipinski definition) is 1. The Bertz CT molecular complexity index is 796. The molecule has 134 valence electrons. The Balaban J connectivity index is 2.10. The van der Waals surface area contributed by atoms with Crippen molar-refractivity contribution in [1.82, 2.24) is 4.98 Å². The number of carbonyl (C=O) groups is 2. The first-order valence-electron chi connectivity index (χ1n) is 7.72. The van der Waals surface area contributed by atoms with Gasteiger partial charge in [-0.3, -0.25) is 9.59 Å². The first-order chi connectivity index (χ1) is 11.6. The van der Waals surface area contributed by atoms with E-state index in [1.165, 1.54) is 11.3 Å². The fourth-order valence-electron chi connectivity index (χ4n) is 2.44. The summed E-state index contributed by atoms with van der Waals surface area (Å²) >= 11 is 13.5. The lowest BCUT2D eigenvalue weighted by Gasteiger charge is -2.26. The number of carbonyl (C=O) groups excluding carboxylic acids is 1. The second-order valence-corrected chi connectivity index (χ2v) is 8.65. The lowest BCUT2D eigenvalue weighted by Crippen LogP contribution is -2.31. The van der Waals surface area contributed by atoms with Crippen LogP contribution in [0, 0.1) is 11.3 Å². The molecule has 1 atom stereocenters. The van der Waals surface area contributed by atoms with Crippen molar-refractivity contribution in [3.63, 3.8) is 0 Å². The molecular weight excluding hydrogens is 381 g/mol. The number of rotatable bonds is 6. The molecule has 0 unspecified atom stereocenters. The summed E-state index contributed by atoms with van der Waals surface area (Å²) < 4.78 is 0. The second kappa shape index (κ2) is 7.85. The van der Waals surface area contributed by atoms with Crippen LogP contribution in [0.3, 0.4) is 0 Å². The predicted octanol–water partition coefficient (Wildman–Crippen LogP) is 5.37. The molecule has 0 radical (unpaired) electrons. The number of aromatic nitrogens is 1. The minimum Gasteiger partial charge on any atom is -0.481 e. The van der Waals surface area contributed by atoms with Crippen molar-refractivity contribution in [2.75, 3.05) is 0 Å². The van der Waals surface area contributed by atoms with Crippen LogP contribution >= 0.6 is 34.5 Å². The molecule has 2 rings (SSSR count). The number of benzene rings is 1. The van der Waals surface area contributed by atoms with Crippen LogP contribution < -0.4 is 0 Å². The molecule has 0 saturated heterocycles. The monoisotopic (exact) mass is 399 g/mol. The Labute approximate surface area is 160 Å². The van der Waals surface area contributed by atoms with Crippen LogP contribution in [0.4, 0.5) is 0 Å². The zero-order chi connectivity index (χ0) is 18.8. The van der Waals surface area contributed by atoms with Crippen LogP contribution in [0.2, 0.25) is 10.0 Å². The Morgan fingerprint density at radius 1 is 1.28 bits per heavy atom. The normalized spacial score (nSPS) is 12.8. The van der Waals surface area contributed by atoms with Crippen molar-refractivity contribution >= 4 is 46.3 Å². The van der Waals surface area contributed by atoms with Crippen LogP contribution in [0.5, 0.6) is 0 Å². The number of halogens is 2. The third-order valence-corrected chi connectivity index (χ3v) is 5.34. The average molecular weight is 400 g/mol. The van der Waals surface area contributed by atoms with Gasteiger partial charge in [0.1, 0.15) is 10.8 Å². The molecule has 0 amide bonds. The minimum atomic E-state index is -0.951. The molecule has 0 bridgehead atoms. The van der Waals surface area contributed by atoms with E-state index in [1.54, 1.807) is 23.6 Å². The van der Waals surface area contributed by atoms with Gasteiger partial charge in [0.05, 0.1) is 16.6 Å². The van der Waals surface area contributed by atoms with E-state index in [4.69, 9.17) is 23.2 Å². The molecule has 25 heavy (non-hydrogen) atoms. The van der Waals surface area contributed by atoms with Crippen LogP contribution in [0.1, 0.15) is 32.9 Å². The highest BCUT2D eigenvalue weighted by atomic mass is 35.5. The lowest BCUT2D eigenvalue weighted by molar-refractivity contribution is -0.147. The van der Waals surface area contributed by atoms with E-state index in [-0.39, 0.29) is 18.6 Å². The predicted molar refractivity (Wildman–Crippen MR) is 101 cm³/mol. The van der Waals surface area contributed by atoms with Crippen molar-refractivity contribution in [3.05, 3.63) is 39.3 Å². The maximum Gasteiger partial charge on any atom is 0.307 e. The third kappa shape index (κ3) is 5.27. The number of ketones is 1. The molecule has 7 heteroatoms. The maximum absolute atomic E-state index is 12.3. The van der Waals surface area contributed by atoms with Crippen LogP contribution in [-0.4, -0.2) is 21.8 Å². The average Bonchev–Trinajstić information content (AvgIpc) is 2.91. The number of carboxylic acids is 1. The summed E-state index contributed by atoms with van der Waals surface area (Å²) in [5.41, 5.74) is 0.896. The van der Waals surface area contributed by atoms with Gasteiger partial charge < -0.3 is 5.11 Å². The van der Waals surface area contributed by atoms with Crippen molar-refractivity contribution in [2.24, 2.45) is 11.3 Å². The van der Waals surface area contributed by atoms with Gasteiger partial charge in [0, 0.05) is 28.8 Å². The van der Waals surface area contributed by atoms with E-state index in [9.17, 15) is 14.7 Å². The second-order valence-electron chi connectivity index (χ2n) is 6.94. The van der Waals surface area contributed by atoms with Gasteiger partial charge >= 0.3 is 5.97 Å². The summed E-state index contributed by atoms with van der Waals surface area (Å²) in [6.07, 6.45) is 0.106. The fraction of sp³-hybridized carbons (Fsp3) is 0.389. The number of Topliss-reactive ketones (excluding diaryl/α,β-unsaturated/α-hetero) is 1. The fourth-order valence-corrected chi connectivity index (χ4v) is 3.85. The van der Waals surface area contributed by atoms with Gasteiger partial charge in [-0.1, -0.05) is 44.0 Å². The van der Waals surface area contributed by atoms with Gasteiger partial charge in [-0.05, 0) is 23.6 Å². The smallest absolute Gasteiger partial charge is 0.307 e. The molecule has 4 nitrogen and oxygen atoms in total. The van der Waals surface area contributed by atoms with E-state index in [0.29, 0.717) is 20.7 Å². The van der Waals surface area contributed by atoms with E-state index >= 15 is 0 Å². The third-order valence-electron chi connectivity index (χ3n) is 3.87. The van der Waals surface area contributed by atoms with E-state index in [2.05, 4.69) is 4.98 Å². The van der Waals surface area contributed by atoms with Gasteiger partial charge in [-0.15, -0.1) is 11.3 Å². The summed E-state index contributed by atoms with van der Waals surface area (Å²) in [7, 11) is 0. The van der Waals surface area contributed by atoms with Crippen molar-refractivity contribution < 1.29 is 14.7 Å². The van der Waals surface area contributed by atoms with Gasteiger partial charge in [0.15, 0.2) is 0 Å². The first-order valence-corrected chi connectivity index (χ1v) is 9.36. The summed E-state index contributed by atoms with van der Waals surface area (Å²) in [5, 5.41) is 12.9. The molecule has 1 N–H and O–H groups in total. The summed E-state index contributed by atoms with van der Waals surface area (Å²) in [4.78, 5) is 28.1. The quantitative estimate of drug-likeness (QED) is 0.708. The van der Waals surface area contributed by atoms with Gasteiger partial charge in [0.25, 0.3) is 0 Å². The first kappa shape index (κ1) is 19.9. The Kier molecular flexibility index (Phi) is 6.25. The lowest BCUT2D eigenvalue weighted by atomic mass is 9.77. The van der Waals surface area contributed by atoms with Crippen LogP contribution in [-0.2, 0) is 16.0 Å². The molecule has 0 aliphatic rings. The summed E-state index contributed by atoms with van der Waals surface area (Å²) in [6, 6.07) is 5.16. The highest BCUT2D eigenvalue weighted by Crippen LogP contribution is 2.33.